The highest BCUT2D eigenvalue weighted by atomic mass is 35.5. The number of ether oxygens (including phenoxy) is 1. The Labute approximate surface area is 685 Å². The number of anilines is 6. The summed E-state index contributed by atoms with van der Waals surface area (Å²) in [4.78, 5) is 76.1. The number of fused-ring (bicyclic) bond motifs is 3. The minimum absolute atomic E-state index is 0. The summed E-state index contributed by atoms with van der Waals surface area (Å²) in [6.45, 7) is 4.25. The van der Waals surface area contributed by atoms with Crippen LogP contribution in [0.3, 0.4) is 0 Å². The Hall–Kier alpha value is -10.7. The lowest BCUT2D eigenvalue weighted by Gasteiger charge is -2.18. The fraction of sp³-hybridized carbons (Fsp3) is 0.267. The second-order valence-corrected chi connectivity index (χ2v) is 29.5. The molecule has 0 unspecified atom stereocenters. The van der Waals surface area contributed by atoms with Gasteiger partial charge in [0.1, 0.15) is 57.6 Å². The number of hydrogen-bond donors (Lipinski definition) is 3. The van der Waals surface area contributed by atoms with Gasteiger partial charge in [-0.25, -0.2) is 29.9 Å². The quantitative estimate of drug-likeness (QED) is 0.0534. The molecule has 6 heterocycles. The number of amides is 3. The van der Waals surface area contributed by atoms with Crippen LogP contribution in [0.5, 0.6) is 5.75 Å². The number of aromatic nitrogens is 9. The van der Waals surface area contributed by atoms with Crippen LogP contribution in [0.15, 0.2) is 195 Å². The summed E-state index contributed by atoms with van der Waals surface area (Å²) in [6.07, 6.45) is 22.3. The Morgan fingerprint density at radius 1 is 0.425 bits per heavy atom. The van der Waals surface area contributed by atoms with Crippen molar-refractivity contribution in [3.05, 3.63) is 226 Å². The molecule has 0 saturated heterocycles. The maximum Gasteiger partial charge on any atom is 0.250 e. The largest absolute Gasteiger partial charge is 0.496 e. The van der Waals surface area contributed by atoms with Crippen LogP contribution in [0.4, 0.5) is 34.5 Å². The number of halogens is 5. The predicted octanol–water partition coefficient (Wildman–Crippen LogP) is 18.3. The average Bonchev–Trinajstić information content (AvgIpc) is 1.40. The molecule has 0 radical (unpaired) electrons. The van der Waals surface area contributed by atoms with Gasteiger partial charge in [-0.2, -0.15) is 0 Å². The number of rotatable bonds is 22. The highest BCUT2D eigenvalue weighted by Crippen LogP contribution is 2.46. The number of nitrogen functional groups attached to an aromatic ring is 3. The van der Waals surface area contributed by atoms with Crippen molar-refractivity contribution in [2.45, 2.75) is 85.9 Å². The highest BCUT2D eigenvalue weighted by molar-refractivity contribution is 6.37. The van der Waals surface area contributed by atoms with Crippen molar-refractivity contribution in [2.75, 3.05) is 101 Å². The summed E-state index contributed by atoms with van der Waals surface area (Å²) in [5.74, 6) is 1.45. The third-order valence-electron chi connectivity index (χ3n) is 20.0. The molecule has 6 aromatic heterocycles. The van der Waals surface area contributed by atoms with Gasteiger partial charge in [-0.15, -0.1) is 0 Å². The first-order valence-corrected chi connectivity index (χ1v) is 37.7. The molecule has 0 atom stereocenters. The second kappa shape index (κ2) is 36.9. The van der Waals surface area contributed by atoms with E-state index in [-0.39, 0.29) is 40.0 Å². The monoisotopic (exact) mass is 1620 g/mol. The summed E-state index contributed by atoms with van der Waals surface area (Å²) < 4.78 is 11.0. The van der Waals surface area contributed by atoms with E-state index in [1.807, 2.05) is 154 Å². The van der Waals surface area contributed by atoms with E-state index in [4.69, 9.17) is 79.9 Å². The lowest BCUT2D eigenvalue weighted by atomic mass is 10.0. The predicted molar refractivity (Wildman–Crippen MR) is 467 cm³/mol. The molecule has 113 heavy (non-hydrogen) atoms. The Balaban J connectivity index is 0.000000177. The zero-order chi connectivity index (χ0) is 77.8. The van der Waals surface area contributed by atoms with Crippen molar-refractivity contribution in [2.24, 2.45) is 0 Å². The van der Waals surface area contributed by atoms with Crippen LogP contribution in [0, 0.1) is 6.92 Å². The van der Waals surface area contributed by atoms with Crippen molar-refractivity contribution in [3.63, 3.8) is 0 Å². The van der Waals surface area contributed by atoms with Crippen LogP contribution in [-0.4, -0.2) is 163 Å². The SMILES string of the molecule is C.C.C.CN(C(=O)/C=C/CN(C)C1CC1)c1ccc(-n2c(Cl)c(-c3ccc(Cl)cc3)c3c(N)ncnc32)cc1.CN(C(=O)/C=C/CN(C)C1CC1)c1cccc(-n2c(Cl)c(-c3ccc(Cl)cc3)c3c(N)ncnc32)c1.COc1cc(-c2c(Cl)n(-c3cccc(N(C)C(=O)/C=C/CN(C)C4CC4)c3)c3ncnc(N)c23)ccc1C. The Kier molecular flexibility index (Phi) is 27.7. The van der Waals surface area contributed by atoms with Gasteiger partial charge in [0.15, 0.2) is 16.9 Å². The summed E-state index contributed by atoms with van der Waals surface area (Å²) in [5.41, 5.74) is 30.9. The van der Waals surface area contributed by atoms with Crippen LogP contribution in [0.2, 0.25) is 25.5 Å². The molecule has 6 N–H and O–H groups in total. The van der Waals surface area contributed by atoms with Gasteiger partial charge in [0.25, 0.3) is 0 Å². The fourth-order valence-electron chi connectivity index (χ4n) is 13.2. The van der Waals surface area contributed by atoms with Gasteiger partial charge in [-0.1, -0.05) is 147 Å². The Morgan fingerprint density at radius 3 is 1.10 bits per heavy atom. The van der Waals surface area contributed by atoms with Gasteiger partial charge < -0.3 is 36.6 Å². The zero-order valence-electron chi connectivity index (χ0n) is 62.0. The van der Waals surface area contributed by atoms with E-state index in [1.54, 1.807) is 85.4 Å². The summed E-state index contributed by atoms with van der Waals surface area (Å²) in [6, 6.07) is 45.3. The number of carbonyl (C=O) groups is 3. The Morgan fingerprint density at radius 2 is 0.752 bits per heavy atom. The van der Waals surface area contributed by atoms with Gasteiger partial charge in [0.05, 0.1) is 34.6 Å². The van der Waals surface area contributed by atoms with Crippen LogP contribution < -0.4 is 36.6 Å². The van der Waals surface area contributed by atoms with Crippen molar-refractivity contribution in [1.82, 2.24) is 58.3 Å². The smallest absolute Gasteiger partial charge is 0.250 e. The molecule has 3 saturated carbocycles. The molecule has 15 rings (SSSR count). The molecule has 3 aliphatic rings. The van der Waals surface area contributed by atoms with Crippen LogP contribution in [-0.2, 0) is 14.4 Å². The van der Waals surface area contributed by atoms with E-state index in [1.165, 1.54) is 57.5 Å². The minimum Gasteiger partial charge on any atom is -0.496 e. The minimum atomic E-state index is -0.103. The van der Waals surface area contributed by atoms with Crippen molar-refractivity contribution in [1.29, 1.82) is 0 Å². The summed E-state index contributed by atoms with van der Waals surface area (Å²) in [5, 5.41) is 4.56. The van der Waals surface area contributed by atoms with Gasteiger partial charge in [-0.3, -0.25) is 42.8 Å². The molecule has 588 valence electrons. The van der Waals surface area contributed by atoms with Crippen LogP contribution in [0.25, 0.3) is 83.5 Å². The van der Waals surface area contributed by atoms with Crippen molar-refractivity contribution >= 4 is 143 Å². The maximum absolute atomic E-state index is 12.9. The number of nitrogens with zero attached hydrogens (tertiary/aromatic N) is 15. The lowest BCUT2D eigenvalue weighted by Crippen LogP contribution is -2.25. The fourth-order valence-corrected chi connectivity index (χ4v) is 14.6. The topological polar surface area (TPSA) is 250 Å². The number of nitrogens with two attached hydrogens (primary N) is 3. The molecule has 12 aromatic rings. The zero-order valence-corrected chi connectivity index (χ0v) is 65.8. The molecule has 22 nitrogen and oxygen atoms in total. The third-order valence-corrected chi connectivity index (χ3v) is 21.6. The molecular formula is C86H95Cl5N18O4. The number of benzene rings is 6. The third kappa shape index (κ3) is 18.7. The highest BCUT2D eigenvalue weighted by Gasteiger charge is 2.30. The maximum atomic E-state index is 12.9. The van der Waals surface area contributed by atoms with Crippen LogP contribution in [0.1, 0.15) is 66.4 Å². The Bertz CT molecular complexity index is 5520. The molecule has 3 aliphatic carbocycles. The van der Waals surface area contributed by atoms with Gasteiger partial charge in [-0.05, 0) is 180 Å². The lowest BCUT2D eigenvalue weighted by molar-refractivity contribution is -0.114. The number of hydrogen-bond acceptors (Lipinski definition) is 16. The molecule has 0 spiro atoms. The van der Waals surface area contributed by atoms with Gasteiger partial charge >= 0.3 is 0 Å². The molecule has 27 heteroatoms. The number of aryl methyl sites for hydroxylation is 1. The molecule has 3 fully saturated rings. The van der Waals surface area contributed by atoms with Crippen LogP contribution >= 0.6 is 58.0 Å². The molecule has 3 amide bonds. The van der Waals surface area contributed by atoms with Crippen molar-refractivity contribution < 1.29 is 19.1 Å². The first kappa shape index (κ1) is 84.8. The van der Waals surface area contributed by atoms with E-state index >= 15 is 0 Å². The standard InChI is InChI=1S/C29H31ClN6O2.2C27H26Cl2N6O.3CH4/c1-18-10-11-19(15-23(18)38-4)25-26-28(31)32-17-33-29(26)36(27(25)30)22-8-5-7-21(16-22)35(3)24(37)9-6-14-34(2)20-12-13-20;1-33(19-12-13-19)14-4-7-22(36)34(2)20-5-3-6-21(15-20)35-25(29)23(17-8-10-18(28)11-9-17)24-26(30)31-16-32-27(24)35;1-33(19-9-10-19)15-3-4-22(36)34(2)20-11-13-21(14-12-20)35-25(29)23(17-5-7-18(28)8-6-17)24-26(30)31-16-32-27(24)35;;;/h5-11,15-17,20H,12-14H2,1-4H3,(H2,31,32,33);3-11,15-16,19H,12-14H2,1-2H3,(H2,30,31,32);3-8,11-14,16,19H,9-10,15H2,1-2H3,(H2,30,31,32);3*1H4/b9-6+;7-4+;4-3+;;;. The van der Waals surface area contributed by atoms with Crippen molar-refractivity contribution in [3.8, 4) is 56.2 Å². The molecule has 6 aromatic carbocycles. The normalized spacial score (nSPS) is 13.3. The molecule has 0 bridgehead atoms. The van der Waals surface area contributed by atoms with E-state index in [2.05, 4.69) is 65.7 Å². The number of likely N-dealkylation sites (N-methyl/N-ethyl adjacent to an activating group) is 6. The van der Waals surface area contributed by atoms with Gasteiger partial charge in [0, 0.05) is 127 Å². The van der Waals surface area contributed by atoms with E-state index in [0.717, 1.165) is 98.5 Å². The first-order chi connectivity index (χ1) is 53.0. The summed E-state index contributed by atoms with van der Waals surface area (Å²) in [7, 11) is 13.2. The average molecular weight is 1620 g/mol. The van der Waals surface area contributed by atoms with E-state index < -0.39 is 0 Å². The molecular weight excluding hydrogens is 1530 g/mol. The first-order valence-electron chi connectivity index (χ1n) is 35.8. The van der Waals surface area contributed by atoms with E-state index in [9.17, 15) is 14.4 Å². The summed E-state index contributed by atoms with van der Waals surface area (Å²) >= 11 is 33.1. The number of carbonyl (C=O) groups excluding carboxylic acids is 3. The van der Waals surface area contributed by atoms with Gasteiger partial charge in [0.2, 0.25) is 17.7 Å². The number of methoxy groups -OCH3 is 1. The van der Waals surface area contributed by atoms with E-state index in [0.29, 0.717) is 94.2 Å². The second-order valence-electron chi connectivity index (χ2n) is 27.5. The molecule has 0 aliphatic heterocycles.